The van der Waals surface area contributed by atoms with Gasteiger partial charge in [-0.2, -0.15) is 18.4 Å². The molecule has 1 rings (SSSR count). The van der Waals surface area contributed by atoms with Gasteiger partial charge < -0.3 is 4.74 Å². The average molecular weight is 257 g/mol. The van der Waals surface area contributed by atoms with Crippen molar-refractivity contribution in [2.45, 2.75) is 39.0 Å². The standard InChI is InChI=1S/C13H14F3NO/c1-3-4-9(2)18-12-6-5-10(8-17)7-11(12)13(14,15)16/h5-7,9H,3-4H2,1-2H3/t9-/m0/s1. The van der Waals surface area contributed by atoms with Crippen LogP contribution in [0.2, 0.25) is 0 Å². The first-order valence-electron chi connectivity index (χ1n) is 5.66. The van der Waals surface area contributed by atoms with E-state index in [9.17, 15) is 13.2 Å². The summed E-state index contributed by atoms with van der Waals surface area (Å²) in [5.74, 6) is -0.220. The summed E-state index contributed by atoms with van der Waals surface area (Å²) in [5, 5.41) is 8.63. The number of benzene rings is 1. The van der Waals surface area contributed by atoms with Gasteiger partial charge in [0.05, 0.1) is 23.3 Å². The number of hydrogen-bond donors (Lipinski definition) is 0. The van der Waals surface area contributed by atoms with Gasteiger partial charge in [-0.05, 0) is 31.5 Å². The van der Waals surface area contributed by atoms with Gasteiger partial charge in [0, 0.05) is 0 Å². The molecule has 18 heavy (non-hydrogen) atoms. The number of nitrogens with zero attached hydrogens (tertiary/aromatic N) is 1. The fourth-order valence-electron chi connectivity index (χ4n) is 1.61. The van der Waals surface area contributed by atoms with Crippen LogP contribution in [-0.4, -0.2) is 6.10 Å². The molecule has 1 aromatic rings. The molecule has 0 N–H and O–H groups in total. The second kappa shape index (κ2) is 5.76. The van der Waals surface area contributed by atoms with Crippen molar-refractivity contribution in [3.63, 3.8) is 0 Å². The van der Waals surface area contributed by atoms with Gasteiger partial charge in [-0.25, -0.2) is 0 Å². The normalized spacial score (nSPS) is 12.9. The summed E-state index contributed by atoms with van der Waals surface area (Å²) in [7, 11) is 0. The fraction of sp³-hybridized carbons (Fsp3) is 0.462. The Balaban J connectivity index is 3.08. The highest BCUT2D eigenvalue weighted by Crippen LogP contribution is 2.37. The molecule has 0 aliphatic rings. The third-order valence-corrected chi connectivity index (χ3v) is 2.44. The number of hydrogen-bond acceptors (Lipinski definition) is 2. The molecule has 0 aliphatic heterocycles. The van der Waals surface area contributed by atoms with E-state index in [0.717, 1.165) is 12.5 Å². The van der Waals surface area contributed by atoms with Crippen molar-refractivity contribution in [1.82, 2.24) is 0 Å². The Morgan fingerprint density at radius 1 is 1.39 bits per heavy atom. The summed E-state index contributed by atoms with van der Waals surface area (Å²) in [6, 6.07) is 5.03. The summed E-state index contributed by atoms with van der Waals surface area (Å²) in [5.41, 5.74) is -0.928. The molecule has 0 saturated carbocycles. The van der Waals surface area contributed by atoms with Crippen LogP contribution in [0.4, 0.5) is 13.2 Å². The van der Waals surface area contributed by atoms with E-state index in [-0.39, 0.29) is 17.4 Å². The molecule has 0 spiro atoms. The Bertz CT molecular complexity index is 449. The molecule has 5 heteroatoms. The minimum Gasteiger partial charge on any atom is -0.490 e. The van der Waals surface area contributed by atoms with Crippen molar-refractivity contribution in [1.29, 1.82) is 5.26 Å². The maximum absolute atomic E-state index is 12.8. The Labute approximate surface area is 104 Å². The molecule has 0 unspecified atom stereocenters. The molecule has 0 amide bonds. The van der Waals surface area contributed by atoms with Gasteiger partial charge in [-0.1, -0.05) is 13.3 Å². The lowest BCUT2D eigenvalue weighted by Gasteiger charge is -2.18. The molecule has 1 aromatic carbocycles. The molecule has 98 valence electrons. The number of halogens is 3. The quantitative estimate of drug-likeness (QED) is 0.811. The maximum Gasteiger partial charge on any atom is 0.420 e. The Kier molecular flexibility index (Phi) is 4.60. The Morgan fingerprint density at radius 3 is 2.56 bits per heavy atom. The highest BCUT2D eigenvalue weighted by atomic mass is 19.4. The van der Waals surface area contributed by atoms with Crippen LogP contribution in [0.15, 0.2) is 18.2 Å². The highest BCUT2D eigenvalue weighted by molar-refractivity contribution is 5.43. The molecule has 1 atom stereocenters. The lowest BCUT2D eigenvalue weighted by Crippen LogP contribution is -2.15. The molecule has 2 nitrogen and oxygen atoms in total. The predicted molar refractivity (Wildman–Crippen MR) is 61.2 cm³/mol. The second-order valence-electron chi connectivity index (χ2n) is 4.04. The van der Waals surface area contributed by atoms with E-state index in [4.69, 9.17) is 10.00 Å². The third-order valence-electron chi connectivity index (χ3n) is 2.44. The lowest BCUT2D eigenvalue weighted by molar-refractivity contribution is -0.139. The second-order valence-corrected chi connectivity index (χ2v) is 4.04. The van der Waals surface area contributed by atoms with Crippen molar-refractivity contribution in [3.8, 4) is 11.8 Å². The minimum atomic E-state index is -4.52. The van der Waals surface area contributed by atoms with E-state index in [1.54, 1.807) is 13.0 Å². The zero-order chi connectivity index (χ0) is 13.8. The van der Waals surface area contributed by atoms with E-state index >= 15 is 0 Å². The Morgan fingerprint density at radius 2 is 2.06 bits per heavy atom. The van der Waals surface area contributed by atoms with Gasteiger partial charge in [-0.3, -0.25) is 0 Å². The number of ether oxygens (including phenoxy) is 1. The van der Waals surface area contributed by atoms with E-state index in [1.807, 2.05) is 6.92 Å². The van der Waals surface area contributed by atoms with Crippen LogP contribution in [-0.2, 0) is 6.18 Å². The molecule has 0 radical (unpaired) electrons. The van der Waals surface area contributed by atoms with Gasteiger partial charge in [0.25, 0.3) is 0 Å². The minimum absolute atomic E-state index is 0.0298. The zero-order valence-electron chi connectivity index (χ0n) is 10.2. The largest absolute Gasteiger partial charge is 0.490 e. The zero-order valence-corrected chi connectivity index (χ0v) is 10.2. The van der Waals surface area contributed by atoms with Crippen molar-refractivity contribution >= 4 is 0 Å². The summed E-state index contributed by atoms with van der Waals surface area (Å²) in [6.45, 7) is 3.66. The maximum atomic E-state index is 12.8. The predicted octanol–water partition coefficient (Wildman–Crippen LogP) is 4.14. The first-order valence-corrected chi connectivity index (χ1v) is 5.66. The number of alkyl halides is 3. The summed E-state index contributed by atoms with van der Waals surface area (Å²) in [6.07, 6.45) is -3.30. The first-order chi connectivity index (χ1) is 8.38. The summed E-state index contributed by atoms with van der Waals surface area (Å²) >= 11 is 0. The van der Waals surface area contributed by atoms with Gasteiger partial charge in [0.2, 0.25) is 0 Å². The third kappa shape index (κ3) is 3.66. The van der Waals surface area contributed by atoms with E-state index in [0.29, 0.717) is 6.42 Å². The molecule has 0 fully saturated rings. The van der Waals surface area contributed by atoms with Crippen LogP contribution in [0.1, 0.15) is 37.8 Å². The topological polar surface area (TPSA) is 33.0 Å². The Hall–Kier alpha value is -1.70. The van der Waals surface area contributed by atoms with Crippen LogP contribution in [0.5, 0.6) is 5.75 Å². The lowest BCUT2D eigenvalue weighted by atomic mass is 10.1. The van der Waals surface area contributed by atoms with Crippen LogP contribution < -0.4 is 4.74 Å². The van der Waals surface area contributed by atoms with Gasteiger partial charge >= 0.3 is 6.18 Å². The van der Waals surface area contributed by atoms with Crippen molar-refractivity contribution in [2.24, 2.45) is 0 Å². The van der Waals surface area contributed by atoms with Crippen molar-refractivity contribution < 1.29 is 17.9 Å². The highest BCUT2D eigenvalue weighted by Gasteiger charge is 2.35. The van der Waals surface area contributed by atoms with E-state index in [2.05, 4.69) is 0 Å². The molecule has 0 aliphatic carbocycles. The van der Waals surface area contributed by atoms with Crippen molar-refractivity contribution in [2.75, 3.05) is 0 Å². The van der Waals surface area contributed by atoms with E-state index in [1.165, 1.54) is 12.1 Å². The van der Waals surface area contributed by atoms with E-state index < -0.39 is 11.7 Å². The van der Waals surface area contributed by atoms with Crippen LogP contribution in [0.3, 0.4) is 0 Å². The van der Waals surface area contributed by atoms with Gasteiger partial charge in [-0.15, -0.1) is 0 Å². The molecule has 0 bridgehead atoms. The average Bonchev–Trinajstić information content (AvgIpc) is 2.28. The van der Waals surface area contributed by atoms with Gasteiger partial charge in [0.15, 0.2) is 0 Å². The van der Waals surface area contributed by atoms with Crippen molar-refractivity contribution in [3.05, 3.63) is 29.3 Å². The SMILES string of the molecule is CCC[C@H](C)Oc1ccc(C#N)cc1C(F)(F)F. The summed E-state index contributed by atoms with van der Waals surface area (Å²) < 4.78 is 43.7. The molecule has 0 aromatic heterocycles. The number of nitriles is 1. The van der Waals surface area contributed by atoms with Gasteiger partial charge in [0.1, 0.15) is 5.75 Å². The molecule has 0 heterocycles. The van der Waals surface area contributed by atoms with Crippen LogP contribution in [0.25, 0.3) is 0 Å². The molecular weight excluding hydrogens is 243 g/mol. The molecule has 0 saturated heterocycles. The fourth-order valence-corrected chi connectivity index (χ4v) is 1.61. The van der Waals surface area contributed by atoms with Crippen LogP contribution >= 0.6 is 0 Å². The monoisotopic (exact) mass is 257 g/mol. The van der Waals surface area contributed by atoms with Crippen LogP contribution in [0, 0.1) is 11.3 Å². The molecular formula is C13H14F3NO. The first kappa shape index (κ1) is 14.4. The number of rotatable bonds is 4. The summed E-state index contributed by atoms with van der Waals surface area (Å²) in [4.78, 5) is 0. The smallest absolute Gasteiger partial charge is 0.420 e.